The standard InChI is InChI=1S/C25H28BrN5O2/c1-3-25(23(32)33-4-2)8-11-31(12-9-25)24-29-15-18(16-30-24)17-13-19(22(27)20(26)14-17)21-7-5-6-10-28-21/h5-7,10,13-16H,3-4,8-9,11-12,27H2,1-2H3. The highest BCUT2D eigenvalue weighted by atomic mass is 79.9. The molecule has 1 aromatic carbocycles. The number of benzene rings is 1. The van der Waals surface area contributed by atoms with Crippen molar-refractivity contribution in [1.82, 2.24) is 15.0 Å². The molecule has 3 aromatic rings. The van der Waals surface area contributed by atoms with E-state index in [0.717, 1.165) is 59.2 Å². The molecule has 1 aliphatic heterocycles. The zero-order chi connectivity index (χ0) is 23.4. The Hall–Kier alpha value is -3.00. The van der Waals surface area contributed by atoms with Crippen LogP contribution in [0, 0.1) is 5.41 Å². The van der Waals surface area contributed by atoms with Crippen LogP contribution in [-0.2, 0) is 9.53 Å². The third-order valence-electron chi connectivity index (χ3n) is 6.43. The fourth-order valence-corrected chi connectivity index (χ4v) is 4.73. The minimum Gasteiger partial charge on any atom is -0.466 e. The Balaban J connectivity index is 1.53. The van der Waals surface area contributed by atoms with E-state index in [9.17, 15) is 4.79 Å². The van der Waals surface area contributed by atoms with Gasteiger partial charge in [0.2, 0.25) is 5.95 Å². The van der Waals surface area contributed by atoms with Crippen molar-refractivity contribution < 1.29 is 9.53 Å². The Labute approximate surface area is 202 Å². The quantitative estimate of drug-likeness (QED) is 0.364. The molecule has 33 heavy (non-hydrogen) atoms. The minimum atomic E-state index is -0.398. The second-order valence-electron chi connectivity index (χ2n) is 8.25. The maximum absolute atomic E-state index is 12.5. The topological polar surface area (TPSA) is 94.2 Å². The molecule has 3 heterocycles. The van der Waals surface area contributed by atoms with Crippen LogP contribution in [0.2, 0.25) is 0 Å². The van der Waals surface area contributed by atoms with E-state index in [0.29, 0.717) is 18.2 Å². The van der Waals surface area contributed by atoms with Gasteiger partial charge in [0, 0.05) is 47.3 Å². The molecule has 0 saturated carbocycles. The van der Waals surface area contributed by atoms with Gasteiger partial charge in [-0.3, -0.25) is 9.78 Å². The predicted octanol–water partition coefficient (Wildman–Crippen LogP) is 5.11. The highest BCUT2D eigenvalue weighted by molar-refractivity contribution is 9.10. The molecule has 0 spiro atoms. The first-order valence-corrected chi connectivity index (χ1v) is 12.0. The van der Waals surface area contributed by atoms with E-state index in [1.165, 1.54) is 0 Å². The summed E-state index contributed by atoms with van der Waals surface area (Å²) in [6.07, 6.45) is 7.67. The lowest BCUT2D eigenvalue weighted by Crippen LogP contribution is -2.45. The highest BCUT2D eigenvalue weighted by Crippen LogP contribution is 2.38. The molecule has 2 N–H and O–H groups in total. The largest absolute Gasteiger partial charge is 0.466 e. The second-order valence-corrected chi connectivity index (χ2v) is 9.10. The number of nitrogens with zero attached hydrogens (tertiary/aromatic N) is 4. The lowest BCUT2D eigenvalue weighted by Gasteiger charge is -2.39. The number of hydrogen-bond acceptors (Lipinski definition) is 7. The molecular formula is C25H28BrN5O2. The van der Waals surface area contributed by atoms with Crippen LogP contribution in [0.4, 0.5) is 11.6 Å². The zero-order valence-corrected chi connectivity index (χ0v) is 20.5. The van der Waals surface area contributed by atoms with Gasteiger partial charge in [0.05, 0.1) is 23.4 Å². The molecular weight excluding hydrogens is 482 g/mol. The summed E-state index contributed by atoms with van der Waals surface area (Å²) in [5.41, 5.74) is 10.1. The number of nitrogen functional groups attached to an aromatic ring is 1. The number of rotatable bonds is 6. The van der Waals surface area contributed by atoms with Crippen LogP contribution < -0.4 is 10.6 Å². The number of piperidine rings is 1. The number of ether oxygens (including phenoxy) is 1. The van der Waals surface area contributed by atoms with Gasteiger partial charge >= 0.3 is 5.97 Å². The molecule has 172 valence electrons. The SMILES string of the molecule is CCOC(=O)C1(CC)CCN(c2ncc(-c3cc(Br)c(N)c(-c4ccccn4)c3)cn2)CC1. The van der Waals surface area contributed by atoms with Crippen molar-refractivity contribution in [3.05, 3.63) is 53.4 Å². The number of nitrogens with two attached hydrogens (primary N) is 1. The van der Waals surface area contributed by atoms with E-state index in [2.05, 4.69) is 42.7 Å². The van der Waals surface area contributed by atoms with Crippen molar-refractivity contribution in [2.75, 3.05) is 30.3 Å². The van der Waals surface area contributed by atoms with Crippen LogP contribution in [0.5, 0.6) is 0 Å². The molecule has 0 amide bonds. The Kier molecular flexibility index (Phi) is 6.93. The van der Waals surface area contributed by atoms with Crippen LogP contribution in [0.3, 0.4) is 0 Å². The van der Waals surface area contributed by atoms with Crippen molar-refractivity contribution in [1.29, 1.82) is 0 Å². The van der Waals surface area contributed by atoms with Crippen molar-refractivity contribution in [2.45, 2.75) is 33.1 Å². The third-order valence-corrected chi connectivity index (χ3v) is 7.09. The zero-order valence-electron chi connectivity index (χ0n) is 18.9. The fraction of sp³-hybridized carbons (Fsp3) is 0.360. The first-order chi connectivity index (χ1) is 16.0. The number of halogens is 1. The minimum absolute atomic E-state index is 0.0824. The summed E-state index contributed by atoms with van der Waals surface area (Å²) in [6.45, 7) is 5.78. The number of aromatic nitrogens is 3. The smallest absolute Gasteiger partial charge is 0.312 e. The maximum atomic E-state index is 12.5. The van der Waals surface area contributed by atoms with E-state index in [1.807, 2.05) is 49.6 Å². The normalized spacial score (nSPS) is 15.3. The van der Waals surface area contributed by atoms with Gasteiger partial charge in [-0.25, -0.2) is 9.97 Å². The van der Waals surface area contributed by atoms with Crippen LogP contribution in [-0.4, -0.2) is 40.6 Å². The molecule has 7 nitrogen and oxygen atoms in total. The molecule has 0 atom stereocenters. The van der Waals surface area contributed by atoms with Gasteiger partial charge in [0.15, 0.2) is 0 Å². The Morgan fingerprint density at radius 3 is 2.45 bits per heavy atom. The molecule has 0 bridgehead atoms. The van der Waals surface area contributed by atoms with Crippen molar-refractivity contribution in [2.24, 2.45) is 5.41 Å². The number of carbonyl (C=O) groups excluding carboxylic acids is 1. The lowest BCUT2D eigenvalue weighted by atomic mass is 9.76. The summed E-state index contributed by atoms with van der Waals surface area (Å²) in [7, 11) is 0. The molecule has 0 unspecified atom stereocenters. The molecule has 1 fully saturated rings. The monoisotopic (exact) mass is 509 g/mol. The highest BCUT2D eigenvalue weighted by Gasteiger charge is 2.41. The van der Waals surface area contributed by atoms with E-state index in [1.54, 1.807) is 6.20 Å². The average Bonchev–Trinajstić information content (AvgIpc) is 2.86. The molecule has 0 radical (unpaired) electrons. The van der Waals surface area contributed by atoms with E-state index >= 15 is 0 Å². The third kappa shape index (κ3) is 4.71. The predicted molar refractivity (Wildman–Crippen MR) is 134 cm³/mol. The first kappa shape index (κ1) is 23.2. The van der Waals surface area contributed by atoms with Gasteiger partial charge < -0.3 is 15.4 Å². The number of hydrogen-bond donors (Lipinski definition) is 1. The number of anilines is 2. The lowest BCUT2D eigenvalue weighted by molar-refractivity contribution is -0.157. The second kappa shape index (κ2) is 9.87. The average molecular weight is 510 g/mol. The summed E-state index contributed by atoms with van der Waals surface area (Å²) in [6, 6.07) is 9.73. The van der Waals surface area contributed by atoms with E-state index in [4.69, 9.17) is 10.5 Å². The molecule has 8 heteroatoms. The molecule has 1 aliphatic rings. The first-order valence-electron chi connectivity index (χ1n) is 11.2. The van der Waals surface area contributed by atoms with Crippen molar-refractivity contribution in [3.63, 3.8) is 0 Å². The Morgan fingerprint density at radius 1 is 1.12 bits per heavy atom. The summed E-state index contributed by atoms with van der Waals surface area (Å²) in [5.74, 6) is 0.591. The van der Waals surface area contributed by atoms with Gasteiger partial charge in [0.1, 0.15) is 0 Å². The molecule has 2 aromatic heterocycles. The number of pyridine rings is 1. The Morgan fingerprint density at radius 2 is 1.85 bits per heavy atom. The van der Waals surface area contributed by atoms with Crippen LogP contribution >= 0.6 is 15.9 Å². The summed E-state index contributed by atoms with van der Waals surface area (Å²) in [4.78, 5) is 28.3. The number of esters is 1. The van der Waals surface area contributed by atoms with Crippen molar-refractivity contribution in [3.8, 4) is 22.4 Å². The van der Waals surface area contributed by atoms with E-state index < -0.39 is 5.41 Å². The molecule has 4 rings (SSSR count). The molecule has 1 saturated heterocycles. The van der Waals surface area contributed by atoms with Gasteiger partial charge in [-0.2, -0.15) is 0 Å². The van der Waals surface area contributed by atoms with Gasteiger partial charge in [-0.1, -0.05) is 13.0 Å². The van der Waals surface area contributed by atoms with Gasteiger partial charge in [0.25, 0.3) is 0 Å². The fourth-order valence-electron chi connectivity index (χ4n) is 4.27. The Bertz CT molecular complexity index is 1110. The van der Waals surface area contributed by atoms with Gasteiger partial charge in [-0.15, -0.1) is 0 Å². The van der Waals surface area contributed by atoms with Crippen molar-refractivity contribution >= 4 is 33.5 Å². The van der Waals surface area contributed by atoms with Crippen LogP contribution in [0.15, 0.2) is 53.4 Å². The van der Waals surface area contributed by atoms with Crippen LogP contribution in [0.1, 0.15) is 33.1 Å². The molecule has 0 aliphatic carbocycles. The summed E-state index contributed by atoms with van der Waals surface area (Å²) >= 11 is 3.57. The summed E-state index contributed by atoms with van der Waals surface area (Å²) < 4.78 is 6.14. The van der Waals surface area contributed by atoms with E-state index in [-0.39, 0.29) is 5.97 Å². The van der Waals surface area contributed by atoms with Crippen LogP contribution in [0.25, 0.3) is 22.4 Å². The summed E-state index contributed by atoms with van der Waals surface area (Å²) in [5, 5.41) is 0. The van der Waals surface area contributed by atoms with Gasteiger partial charge in [-0.05, 0) is 71.9 Å². The maximum Gasteiger partial charge on any atom is 0.312 e. The number of carbonyl (C=O) groups is 1.